The molecule has 6 nitrogen and oxygen atoms in total. The van der Waals surface area contributed by atoms with Gasteiger partial charge in [-0.05, 0) is 30.7 Å². The minimum atomic E-state index is -3.70. The number of ether oxygens (including phenoxy) is 2. The number of nitrogens with one attached hydrogen (secondary N) is 1. The van der Waals surface area contributed by atoms with Gasteiger partial charge in [0.1, 0.15) is 10.0 Å². The van der Waals surface area contributed by atoms with Crippen LogP contribution in [0, 0.1) is 12.7 Å². The molecule has 4 rings (SSSR count). The lowest BCUT2D eigenvalue weighted by Crippen LogP contribution is -2.25. The van der Waals surface area contributed by atoms with E-state index in [1.165, 1.54) is 30.6 Å². The third-order valence-electron chi connectivity index (χ3n) is 3.74. The maximum atomic E-state index is 13.6. The van der Waals surface area contributed by atoms with Crippen molar-refractivity contribution in [3.8, 4) is 22.1 Å². The highest BCUT2D eigenvalue weighted by Crippen LogP contribution is 2.45. The number of benzene rings is 1. The van der Waals surface area contributed by atoms with Gasteiger partial charge in [0.15, 0.2) is 17.3 Å². The summed E-state index contributed by atoms with van der Waals surface area (Å²) in [5.74, 6) is -1.54. The van der Waals surface area contributed by atoms with Gasteiger partial charge in [-0.1, -0.05) is 11.3 Å². The van der Waals surface area contributed by atoms with E-state index in [1.54, 1.807) is 6.92 Å². The average molecular weight is 393 g/mol. The number of halogens is 3. The Hall–Kier alpha value is -3.14. The van der Waals surface area contributed by atoms with Crippen molar-refractivity contribution in [2.24, 2.45) is 0 Å². The van der Waals surface area contributed by atoms with Crippen molar-refractivity contribution in [1.29, 1.82) is 0 Å². The van der Waals surface area contributed by atoms with E-state index in [1.807, 2.05) is 0 Å². The van der Waals surface area contributed by atoms with Gasteiger partial charge in [0.2, 0.25) is 0 Å². The summed E-state index contributed by atoms with van der Waals surface area (Å²) in [5.41, 5.74) is 1.04. The molecule has 0 atom stereocenters. The maximum Gasteiger partial charge on any atom is 0.586 e. The van der Waals surface area contributed by atoms with Crippen LogP contribution in [0.2, 0.25) is 0 Å². The molecule has 3 aromatic rings. The number of hydrogen-bond acceptors (Lipinski definition) is 6. The fourth-order valence-corrected chi connectivity index (χ4v) is 3.42. The van der Waals surface area contributed by atoms with E-state index < -0.39 is 18.0 Å². The van der Waals surface area contributed by atoms with E-state index in [0.29, 0.717) is 21.1 Å². The molecule has 27 heavy (non-hydrogen) atoms. The van der Waals surface area contributed by atoms with Gasteiger partial charge in [0.05, 0.1) is 18.0 Å². The van der Waals surface area contributed by atoms with Crippen molar-refractivity contribution < 1.29 is 27.4 Å². The van der Waals surface area contributed by atoms with Gasteiger partial charge in [-0.15, -0.1) is 8.78 Å². The van der Waals surface area contributed by atoms with E-state index in [2.05, 4.69) is 24.8 Å². The van der Waals surface area contributed by atoms with Crippen LogP contribution in [0.1, 0.15) is 15.9 Å². The highest BCUT2D eigenvalue weighted by molar-refractivity contribution is 7.19. The summed E-state index contributed by atoms with van der Waals surface area (Å²) in [7, 11) is 0. The predicted octanol–water partition coefficient (Wildman–Crippen LogP) is 4.23. The molecule has 1 aliphatic heterocycles. The molecule has 0 aliphatic carbocycles. The van der Waals surface area contributed by atoms with Gasteiger partial charge in [0, 0.05) is 11.8 Å². The van der Waals surface area contributed by atoms with Crippen LogP contribution in [-0.4, -0.2) is 22.2 Å². The zero-order chi connectivity index (χ0) is 19.2. The van der Waals surface area contributed by atoms with E-state index in [9.17, 15) is 18.0 Å². The largest absolute Gasteiger partial charge is 0.586 e. The Labute approximate surface area is 154 Å². The van der Waals surface area contributed by atoms with Crippen LogP contribution in [0.5, 0.6) is 11.5 Å². The first kappa shape index (κ1) is 17.3. The zero-order valence-electron chi connectivity index (χ0n) is 13.6. The number of hydrogen-bond donors (Lipinski definition) is 1. The average Bonchev–Trinajstić information content (AvgIpc) is 3.16. The molecule has 0 bridgehead atoms. The Bertz CT molecular complexity index is 1050. The third kappa shape index (κ3) is 3.31. The monoisotopic (exact) mass is 393 g/mol. The summed E-state index contributed by atoms with van der Waals surface area (Å²) < 4.78 is 48.9. The van der Waals surface area contributed by atoms with Crippen molar-refractivity contribution >= 4 is 22.2 Å². The first-order valence-corrected chi connectivity index (χ1v) is 8.41. The van der Waals surface area contributed by atoms with E-state index in [0.717, 1.165) is 17.5 Å². The fourth-order valence-electron chi connectivity index (χ4n) is 2.52. The standard InChI is InChI=1S/C17H10F3N3O3S/c1-8-4-12-13(26-17(19,20)25-12)5-10(8)16-22-7-14(27-16)23-15(24)9-2-3-21-6-11(9)18/h2-7H,1H3,(H,23,24). The van der Waals surface area contributed by atoms with E-state index in [-0.39, 0.29) is 17.1 Å². The summed E-state index contributed by atoms with van der Waals surface area (Å²) in [6.07, 6.45) is -0.0553. The van der Waals surface area contributed by atoms with E-state index >= 15 is 0 Å². The molecule has 138 valence electrons. The molecule has 1 amide bonds. The lowest BCUT2D eigenvalue weighted by atomic mass is 10.1. The third-order valence-corrected chi connectivity index (χ3v) is 4.68. The quantitative estimate of drug-likeness (QED) is 0.721. The minimum Gasteiger partial charge on any atom is -0.395 e. The number of anilines is 1. The zero-order valence-corrected chi connectivity index (χ0v) is 14.4. The Kier molecular flexibility index (Phi) is 3.99. The van der Waals surface area contributed by atoms with Crippen molar-refractivity contribution in [3.63, 3.8) is 0 Å². The van der Waals surface area contributed by atoms with Gasteiger partial charge in [-0.2, -0.15) is 0 Å². The van der Waals surface area contributed by atoms with Gasteiger partial charge in [0.25, 0.3) is 5.91 Å². The number of aryl methyl sites for hydroxylation is 1. The Morgan fingerprint density at radius 2 is 1.96 bits per heavy atom. The molecule has 3 heterocycles. The molecule has 0 spiro atoms. The second kappa shape index (κ2) is 6.23. The smallest absolute Gasteiger partial charge is 0.395 e. The Balaban J connectivity index is 1.59. The summed E-state index contributed by atoms with van der Waals surface area (Å²) in [6, 6.07) is 4.09. The predicted molar refractivity (Wildman–Crippen MR) is 90.6 cm³/mol. The number of rotatable bonds is 3. The number of fused-ring (bicyclic) bond motifs is 1. The SMILES string of the molecule is Cc1cc2c(cc1-c1ncc(NC(=O)c3ccncc3F)s1)OC(F)(F)O2. The van der Waals surface area contributed by atoms with Crippen LogP contribution < -0.4 is 14.8 Å². The fraction of sp³-hybridized carbons (Fsp3) is 0.118. The Morgan fingerprint density at radius 1 is 1.22 bits per heavy atom. The van der Waals surface area contributed by atoms with Gasteiger partial charge < -0.3 is 14.8 Å². The number of thiazole rings is 1. The van der Waals surface area contributed by atoms with Crippen LogP contribution >= 0.6 is 11.3 Å². The number of pyridine rings is 1. The van der Waals surface area contributed by atoms with Crippen LogP contribution in [0.4, 0.5) is 18.2 Å². The lowest BCUT2D eigenvalue weighted by Gasteiger charge is -2.04. The number of carbonyl (C=O) groups excluding carboxylic acids is 1. The van der Waals surface area contributed by atoms with Gasteiger partial charge in [-0.25, -0.2) is 9.37 Å². The molecule has 1 N–H and O–H groups in total. The molecular weight excluding hydrogens is 383 g/mol. The van der Waals surface area contributed by atoms with E-state index in [4.69, 9.17) is 0 Å². The molecule has 0 fully saturated rings. The number of alkyl halides is 2. The molecule has 0 unspecified atom stereocenters. The van der Waals surface area contributed by atoms with Crippen LogP contribution in [0.25, 0.3) is 10.6 Å². The van der Waals surface area contributed by atoms with Gasteiger partial charge >= 0.3 is 6.29 Å². The lowest BCUT2D eigenvalue weighted by molar-refractivity contribution is -0.286. The first-order valence-electron chi connectivity index (χ1n) is 7.60. The van der Waals surface area contributed by atoms with Crippen LogP contribution in [0.3, 0.4) is 0 Å². The van der Waals surface area contributed by atoms with Gasteiger partial charge in [-0.3, -0.25) is 9.78 Å². The molecular formula is C17H10F3N3O3S. The minimum absolute atomic E-state index is 0.0560. The number of amides is 1. The number of aromatic nitrogens is 2. The first-order chi connectivity index (χ1) is 12.8. The molecule has 0 radical (unpaired) electrons. The number of carbonyl (C=O) groups is 1. The highest BCUT2D eigenvalue weighted by atomic mass is 32.1. The molecule has 1 aliphatic rings. The van der Waals surface area contributed by atoms with Crippen molar-refractivity contribution in [1.82, 2.24) is 9.97 Å². The topological polar surface area (TPSA) is 73.3 Å². The summed E-state index contributed by atoms with van der Waals surface area (Å²) in [4.78, 5) is 19.9. The Morgan fingerprint density at radius 3 is 2.70 bits per heavy atom. The summed E-state index contributed by atoms with van der Waals surface area (Å²) in [6.45, 7) is 1.71. The molecule has 1 aromatic carbocycles. The molecule has 0 saturated heterocycles. The van der Waals surface area contributed by atoms with Crippen molar-refractivity contribution in [3.05, 3.63) is 53.7 Å². The summed E-state index contributed by atoms with van der Waals surface area (Å²) in [5, 5.41) is 3.39. The second-order valence-electron chi connectivity index (χ2n) is 5.62. The maximum absolute atomic E-state index is 13.6. The summed E-state index contributed by atoms with van der Waals surface area (Å²) >= 11 is 1.11. The molecule has 2 aromatic heterocycles. The van der Waals surface area contributed by atoms with Crippen LogP contribution in [-0.2, 0) is 0 Å². The molecule has 10 heteroatoms. The van der Waals surface area contributed by atoms with Crippen molar-refractivity contribution in [2.75, 3.05) is 5.32 Å². The molecule has 0 saturated carbocycles. The second-order valence-corrected chi connectivity index (χ2v) is 6.65. The van der Waals surface area contributed by atoms with Crippen LogP contribution in [0.15, 0.2) is 36.8 Å². The number of nitrogens with zero attached hydrogens (tertiary/aromatic N) is 2. The normalized spacial score (nSPS) is 14.2. The highest BCUT2D eigenvalue weighted by Gasteiger charge is 2.43. The van der Waals surface area contributed by atoms with Crippen molar-refractivity contribution in [2.45, 2.75) is 13.2 Å².